The average Bonchev–Trinajstić information content (AvgIpc) is 3.08. The van der Waals surface area contributed by atoms with E-state index in [9.17, 15) is 9.59 Å². The zero-order valence-electron chi connectivity index (χ0n) is 18.2. The van der Waals surface area contributed by atoms with Crippen LogP contribution in [-0.4, -0.2) is 79.0 Å². The molecule has 1 aromatic rings. The third-order valence-corrected chi connectivity index (χ3v) is 7.04. The number of carbonyl (C=O) groups excluding carboxylic acids is 2. The number of hydrogen-bond acceptors (Lipinski definition) is 4. The molecule has 6 nitrogen and oxygen atoms in total. The Morgan fingerprint density at radius 2 is 2.00 bits per heavy atom. The lowest BCUT2D eigenvalue weighted by Crippen LogP contribution is -2.52. The van der Waals surface area contributed by atoms with Crippen LogP contribution in [0.4, 0.5) is 0 Å². The summed E-state index contributed by atoms with van der Waals surface area (Å²) in [4.78, 5) is 32.4. The molecule has 0 aliphatic carbocycles. The van der Waals surface area contributed by atoms with Crippen LogP contribution >= 0.6 is 0 Å². The topological polar surface area (TPSA) is 53.1 Å². The Balaban J connectivity index is 1.41. The molecular weight excluding hydrogens is 378 g/mol. The van der Waals surface area contributed by atoms with Gasteiger partial charge in [0, 0.05) is 45.0 Å². The van der Waals surface area contributed by atoms with Crippen LogP contribution in [0.5, 0.6) is 0 Å². The van der Waals surface area contributed by atoms with Gasteiger partial charge in [0.25, 0.3) is 5.91 Å². The fourth-order valence-electron chi connectivity index (χ4n) is 5.50. The largest absolute Gasteiger partial charge is 0.385 e. The normalized spacial score (nSPS) is 23.9. The highest BCUT2D eigenvalue weighted by Crippen LogP contribution is 2.31. The van der Waals surface area contributed by atoms with Crippen molar-refractivity contribution in [3.63, 3.8) is 0 Å². The molecule has 2 saturated heterocycles. The van der Waals surface area contributed by atoms with Crippen LogP contribution in [0.25, 0.3) is 0 Å². The van der Waals surface area contributed by atoms with Gasteiger partial charge >= 0.3 is 0 Å². The molecule has 0 N–H and O–H groups in total. The minimum absolute atomic E-state index is 0.0214. The molecule has 30 heavy (non-hydrogen) atoms. The lowest BCUT2D eigenvalue weighted by molar-refractivity contribution is -0.133. The first kappa shape index (κ1) is 21.3. The third-order valence-electron chi connectivity index (χ3n) is 7.04. The maximum atomic E-state index is 13.3. The van der Waals surface area contributed by atoms with Crippen molar-refractivity contribution in [1.82, 2.24) is 14.7 Å². The van der Waals surface area contributed by atoms with Gasteiger partial charge < -0.3 is 19.4 Å². The van der Waals surface area contributed by atoms with Gasteiger partial charge in [-0.1, -0.05) is 24.6 Å². The van der Waals surface area contributed by atoms with Crippen molar-refractivity contribution in [3.05, 3.63) is 35.4 Å². The Hall–Kier alpha value is -1.92. The van der Waals surface area contributed by atoms with E-state index in [1.54, 1.807) is 12.0 Å². The van der Waals surface area contributed by atoms with Gasteiger partial charge in [0.2, 0.25) is 5.91 Å². The molecule has 2 atom stereocenters. The highest BCUT2D eigenvalue weighted by molar-refractivity contribution is 6.00. The van der Waals surface area contributed by atoms with Gasteiger partial charge in [0.15, 0.2) is 0 Å². The average molecular weight is 414 g/mol. The molecule has 3 aliphatic rings. The molecule has 0 unspecified atom stereocenters. The SMILES string of the molecule is COCCCN(C[C@H]1CCCN2CCCC[C@@H]12)C(=O)CN1Cc2ccccc2C1=O. The van der Waals surface area contributed by atoms with Crippen molar-refractivity contribution < 1.29 is 14.3 Å². The van der Waals surface area contributed by atoms with Gasteiger partial charge in [-0.05, 0) is 62.7 Å². The second kappa shape index (κ2) is 9.92. The number of ether oxygens (including phenoxy) is 1. The number of amides is 2. The smallest absolute Gasteiger partial charge is 0.254 e. The fraction of sp³-hybridized carbons (Fsp3) is 0.667. The third kappa shape index (κ3) is 4.70. The van der Waals surface area contributed by atoms with Crippen LogP contribution in [0.3, 0.4) is 0 Å². The highest BCUT2D eigenvalue weighted by atomic mass is 16.5. The number of nitrogens with zero attached hydrogens (tertiary/aromatic N) is 3. The quantitative estimate of drug-likeness (QED) is 0.615. The lowest BCUT2D eigenvalue weighted by atomic mass is 9.83. The molecule has 4 rings (SSSR count). The Morgan fingerprint density at radius 3 is 2.83 bits per heavy atom. The van der Waals surface area contributed by atoms with Crippen LogP contribution in [0.1, 0.15) is 54.4 Å². The molecule has 0 aromatic heterocycles. The summed E-state index contributed by atoms with van der Waals surface area (Å²) in [5.74, 6) is 0.587. The molecule has 1 aromatic carbocycles. The molecule has 3 heterocycles. The van der Waals surface area contributed by atoms with Crippen molar-refractivity contribution in [2.24, 2.45) is 5.92 Å². The van der Waals surface area contributed by atoms with E-state index in [2.05, 4.69) is 4.90 Å². The molecule has 3 aliphatic heterocycles. The number of piperidine rings is 2. The van der Waals surface area contributed by atoms with Gasteiger partial charge in [-0.3, -0.25) is 9.59 Å². The molecule has 0 bridgehead atoms. The predicted molar refractivity (Wildman–Crippen MR) is 116 cm³/mol. The number of methoxy groups -OCH3 is 1. The summed E-state index contributed by atoms with van der Waals surface area (Å²) in [6, 6.07) is 8.29. The van der Waals surface area contributed by atoms with Gasteiger partial charge in [-0.2, -0.15) is 0 Å². The van der Waals surface area contributed by atoms with Crippen molar-refractivity contribution in [2.75, 3.05) is 46.4 Å². The van der Waals surface area contributed by atoms with Crippen LogP contribution in [0, 0.1) is 5.92 Å². The van der Waals surface area contributed by atoms with Crippen LogP contribution in [0.15, 0.2) is 24.3 Å². The molecular formula is C24H35N3O3. The van der Waals surface area contributed by atoms with E-state index in [4.69, 9.17) is 4.74 Å². The highest BCUT2D eigenvalue weighted by Gasteiger charge is 2.35. The van der Waals surface area contributed by atoms with Crippen LogP contribution in [-0.2, 0) is 16.1 Å². The zero-order chi connectivity index (χ0) is 20.9. The Labute approximate surface area is 180 Å². The summed E-state index contributed by atoms with van der Waals surface area (Å²) in [5, 5.41) is 0. The number of hydrogen-bond donors (Lipinski definition) is 0. The molecule has 0 radical (unpaired) electrons. The summed E-state index contributed by atoms with van der Waals surface area (Å²) in [5.41, 5.74) is 1.76. The van der Waals surface area contributed by atoms with Crippen molar-refractivity contribution in [2.45, 2.75) is 51.1 Å². The van der Waals surface area contributed by atoms with E-state index >= 15 is 0 Å². The molecule has 0 spiro atoms. The summed E-state index contributed by atoms with van der Waals surface area (Å²) in [6.45, 7) is 5.27. The summed E-state index contributed by atoms with van der Waals surface area (Å²) in [7, 11) is 1.70. The summed E-state index contributed by atoms with van der Waals surface area (Å²) < 4.78 is 5.23. The number of benzene rings is 1. The van der Waals surface area contributed by atoms with E-state index in [-0.39, 0.29) is 18.4 Å². The maximum Gasteiger partial charge on any atom is 0.254 e. The molecule has 164 valence electrons. The first-order valence-electron chi connectivity index (χ1n) is 11.6. The predicted octanol–water partition coefficient (Wildman–Crippen LogP) is 2.77. The minimum atomic E-state index is -0.0214. The number of fused-ring (bicyclic) bond motifs is 2. The van der Waals surface area contributed by atoms with Crippen LogP contribution in [0.2, 0.25) is 0 Å². The molecule has 2 fully saturated rings. The van der Waals surface area contributed by atoms with Crippen LogP contribution < -0.4 is 0 Å². The minimum Gasteiger partial charge on any atom is -0.385 e. The second-order valence-electron chi connectivity index (χ2n) is 9.01. The zero-order valence-corrected chi connectivity index (χ0v) is 18.2. The first-order valence-corrected chi connectivity index (χ1v) is 11.6. The Kier molecular flexibility index (Phi) is 7.05. The van der Waals surface area contributed by atoms with Gasteiger partial charge in [-0.15, -0.1) is 0 Å². The van der Waals surface area contributed by atoms with Gasteiger partial charge in [0.05, 0.1) is 0 Å². The van der Waals surface area contributed by atoms with Crippen molar-refractivity contribution in [3.8, 4) is 0 Å². The number of carbonyl (C=O) groups is 2. The molecule has 0 saturated carbocycles. The van der Waals surface area contributed by atoms with E-state index in [1.165, 1.54) is 45.2 Å². The van der Waals surface area contributed by atoms with E-state index in [1.807, 2.05) is 29.2 Å². The molecule has 6 heteroatoms. The van der Waals surface area contributed by atoms with Gasteiger partial charge in [-0.25, -0.2) is 0 Å². The van der Waals surface area contributed by atoms with E-state index in [0.29, 0.717) is 31.7 Å². The first-order chi connectivity index (χ1) is 14.7. The maximum absolute atomic E-state index is 13.3. The van der Waals surface area contributed by atoms with Crippen molar-refractivity contribution in [1.29, 1.82) is 0 Å². The molecule has 2 amide bonds. The Bertz CT molecular complexity index is 751. The van der Waals surface area contributed by atoms with Crippen molar-refractivity contribution >= 4 is 11.8 Å². The van der Waals surface area contributed by atoms with Gasteiger partial charge in [0.1, 0.15) is 6.54 Å². The Morgan fingerprint density at radius 1 is 1.17 bits per heavy atom. The van der Waals surface area contributed by atoms with E-state index < -0.39 is 0 Å². The summed E-state index contributed by atoms with van der Waals surface area (Å²) >= 11 is 0. The van der Waals surface area contributed by atoms with E-state index in [0.717, 1.165) is 24.1 Å². The lowest BCUT2D eigenvalue weighted by Gasteiger charge is -2.45. The standard InChI is InChI=1S/C24H35N3O3/c1-30-15-7-14-26(17-20-9-6-13-25-12-5-4-11-22(20)25)23(28)18-27-16-19-8-2-3-10-21(19)24(27)29/h2-3,8,10,20,22H,4-7,9,11-18H2,1H3/t20-,22+/m1/s1. The number of rotatable bonds is 8. The monoisotopic (exact) mass is 413 g/mol. The second-order valence-corrected chi connectivity index (χ2v) is 9.01. The fourth-order valence-corrected chi connectivity index (χ4v) is 5.50. The summed E-state index contributed by atoms with van der Waals surface area (Å²) in [6.07, 6.45) is 7.11.